The monoisotopic (exact) mass is 280 g/mol. The highest BCUT2D eigenvalue weighted by Gasteiger charge is 2.13. The molecule has 0 amide bonds. The number of nitrogens with zero attached hydrogens (tertiary/aromatic N) is 1. The molecule has 0 aliphatic carbocycles. The fourth-order valence-electron chi connectivity index (χ4n) is 3.08. The van der Waals surface area contributed by atoms with Crippen LogP contribution in [0.15, 0.2) is 48.5 Å². The average molecular weight is 280 g/mol. The van der Waals surface area contributed by atoms with Crippen LogP contribution in [0.2, 0.25) is 0 Å². The number of anilines is 1. The minimum Gasteiger partial charge on any atom is -0.374 e. The molecule has 21 heavy (non-hydrogen) atoms. The van der Waals surface area contributed by atoms with Crippen molar-refractivity contribution in [3.63, 3.8) is 0 Å². The van der Waals surface area contributed by atoms with Crippen molar-refractivity contribution in [3.8, 4) is 0 Å². The van der Waals surface area contributed by atoms with E-state index in [9.17, 15) is 0 Å². The number of benzene rings is 2. The second-order valence-corrected chi connectivity index (χ2v) is 6.00. The van der Waals surface area contributed by atoms with Crippen molar-refractivity contribution in [1.29, 1.82) is 0 Å². The molecule has 0 saturated carbocycles. The third-order valence-corrected chi connectivity index (χ3v) is 4.41. The van der Waals surface area contributed by atoms with Gasteiger partial charge in [0.25, 0.3) is 0 Å². The van der Waals surface area contributed by atoms with Crippen molar-refractivity contribution in [2.75, 3.05) is 18.5 Å². The van der Waals surface area contributed by atoms with Crippen LogP contribution in [-0.4, -0.2) is 13.6 Å². The molecule has 1 aliphatic rings. The smallest absolute Gasteiger partial charge is 0.0396 e. The molecule has 1 atom stereocenters. The van der Waals surface area contributed by atoms with E-state index in [-0.39, 0.29) is 0 Å². The van der Waals surface area contributed by atoms with Gasteiger partial charge in [0.05, 0.1) is 0 Å². The molecule has 2 nitrogen and oxygen atoms in total. The molecule has 0 aromatic heterocycles. The van der Waals surface area contributed by atoms with Crippen LogP contribution in [0, 0.1) is 0 Å². The quantitative estimate of drug-likeness (QED) is 0.913. The van der Waals surface area contributed by atoms with Crippen LogP contribution in [-0.2, 0) is 13.0 Å². The summed E-state index contributed by atoms with van der Waals surface area (Å²) < 4.78 is 0. The Bertz CT molecular complexity index is 592. The fraction of sp³-hybridized carbons (Fsp3) is 0.368. The summed E-state index contributed by atoms with van der Waals surface area (Å²) in [5.41, 5.74) is 5.62. The highest BCUT2D eigenvalue weighted by molar-refractivity contribution is 5.56. The maximum Gasteiger partial charge on any atom is 0.0396 e. The van der Waals surface area contributed by atoms with Gasteiger partial charge < -0.3 is 10.2 Å². The van der Waals surface area contributed by atoms with Crippen molar-refractivity contribution in [3.05, 3.63) is 65.2 Å². The van der Waals surface area contributed by atoms with E-state index in [1.807, 2.05) is 0 Å². The molecule has 0 unspecified atom stereocenters. The van der Waals surface area contributed by atoms with E-state index in [1.54, 1.807) is 0 Å². The van der Waals surface area contributed by atoms with Gasteiger partial charge in [0.2, 0.25) is 0 Å². The zero-order valence-corrected chi connectivity index (χ0v) is 13.0. The molecule has 1 aliphatic heterocycles. The Hall–Kier alpha value is -1.80. The Labute approximate surface area is 127 Å². The topological polar surface area (TPSA) is 15.3 Å². The van der Waals surface area contributed by atoms with Gasteiger partial charge in [0.1, 0.15) is 0 Å². The van der Waals surface area contributed by atoms with Crippen molar-refractivity contribution in [1.82, 2.24) is 5.32 Å². The highest BCUT2D eigenvalue weighted by Crippen LogP contribution is 2.27. The molecule has 2 aromatic carbocycles. The van der Waals surface area contributed by atoms with Crippen molar-refractivity contribution in [2.45, 2.75) is 32.4 Å². The Morgan fingerprint density at radius 2 is 1.95 bits per heavy atom. The molecule has 0 bridgehead atoms. The van der Waals surface area contributed by atoms with Crippen LogP contribution in [0.4, 0.5) is 5.69 Å². The summed E-state index contributed by atoms with van der Waals surface area (Å²) in [6.45, 7) is 4.32. The number of nitrogens with one attached hydrogen (secondary N) is 1. The van der Waals surface area contributed by atoms with Crippen LogP contribution in [0.1, 0.15) is 36.1 Å². The molecule has 1 heterocycles. The van der Waals surface area contributed by atoms with Gasteiger partial charge in [0, 0.05) is 31.9 Å². The third-order valence-electron chi connectivity index (χ3n) is 4.41. The highest BCUT2D eigenvalue weighted by atomic mass is 15.1. The number of hydrogen-bond donors (Lipinski definition) is 1. The first kappa shape index (κ1) is 14.2. The third kappa shape index (κ3) is 3.27. The van der Waals surface area contributed by atoms with Crippen molar-refractivity contribution < 1.29 is 0 Å². The van der Waals surface area contributed by atoms with Gasteiger partial charge in [-0.25, -0.2) is 0 Å². The molecule has 3 rings (SSSR count). The maximum absolute atomic E-state index is 3.62. The summed E-state index contributed by atoms with van der Waals surface area (Å²) in [5, 5.41) is 3.62. The number of fused-ring (bicyclic) bond motifs is 1. The van der Waals surface area contributed by atoms with Crippen LogP contribution in [0.3, 0.4) is 0 Å². The van der Waals surface area contributed by atoms with Gasteiger partial charge >= 0.3 is 0 Å². The van der Waals surface area contributed by atoms with Crippen LogP contribution in [0.5, 0.6) is 0 Å². The Morgan fingerprint density at radius 3 is 2.76 bits per heavy atom. The lowest BCUT2D eigenvalue weighted by molar-refractivity contribution is 0.574. The Morgan fingerprint density at radius 1 is 1.14 bits per heavy atom. The molecule has 110 valence electrons. The second-order valence-electron chi connectivity index (χ2n) is 6.00. The largest absolute Gasteiger partial charge is 0.374 e. The summed E-state index contributed by atoms with van der Waals surface area (Å²) in [6, 6.07) is 17.9. The zero-order chi connectivity index (χ0) is 14.7. The summed E-state index contributed by atoms with van der Waals surface area (Å²) in [5.74, 6) is 0. The predicted molar refractivity (Wildman–Crippen MR) is 89.7 cm³/mol. The predicted octanol–water partition coefficient (Wildman–Crippen LogP) is 3.92. The molecular formula is C19H24N2. The van der Waals surface area contributed by atoms with E-state index < -0.39 is 0 Å². The first-order chi connectivity index (χ1) is 10.2. The zero-order valence-electron chi connectivity index (χ0n) is 13.0. The van der Waals surface area contributed by atoms with E-state index in [2.05, 4.69) is 72.7 Å². The van der Waals surface area contributed by atoms with E-state index in [0.29, 0.717) is 6.04 Å². The minimum atomic E-state index is 0.380. The molecule has 2 aromatic rings. The number of aryl methyl sites for hydroxylation is 1. The lowest BCUT2D eigenvalue weighted by atomic mass is 9.99. The fourth-order valence-corrected chi connectivity index (χ4v) is 3.08. The summed E-state index contributed by atoms with van der Waals surface area (Å²) >= 11 is 0. The lowest BCUT2D eigenvalue weighted by Crippen LogP contribution is -2.25. The van der Waals surface area contributed by atoms with Crippen LogP contribution in [0.25, 0.3) is 0 Å². The van der Waals surface area contributed by atoms with Gasteiger partial charge in [-0.1, -0.05) is 42.5 Å². The summed E-state index contributed by atoms with van der Waals surface area (Å²) in [4.78, 5) is 2.36. The summed E-state index contributed by atoms with van der Waals surface area (Å²) in [7, 11) is 2.19. The SMILES string of the molecule is C[C@@H](NCc1ccc2c(c1)CCCN2C)c1ccccc1. The van der Waals surface area contributed by atoms with E-state index in [4.69, 9.17) is 0 Å². The standard InChI is InChI=1S/C19H24N2/c1-15(17-7-4-3-5-8-17)20-14-16-10-11-19-18(13-16)9-6-12-21(19)2/h3-5,7-8,10-11,13,15,20H,6,9,12,14H2,1-2H3/t15-/m1/s1. The maximum atomic E-state index is 3.62. The van der Waals surface area contributed by atoms with Crippen LogP contribution < -0.4 is 10.2 Å². The van der Waals surface area contributed by atoms with Crippen LogP contribution >= 0.6 is 0 Å². The number of rotatable bonds is 4. The van der Waals surface area contributed by atoms with Gasteiger partial charge in [0.15, 0.2) is 0 Å². The van der Waals surface area contributed by atoms with Crippen molar-refractivity contribution >= 4 is 5.69 Å². The molecular weight excluding hydrogens is 256 g/mol. The van der Waals surface area contributed by atoms with Gasteiger partial charge in [-0.3, -0.25) is 0 Å². The second kappa shape index (κ2) is 6.31. The first-order valence-electron chi connectivity index (χ1n) is 7.85. The van der Waals surface area contributed by atoms with Gasteiger partial charge in [-0.2, -0.15) is 0 Å². The van der Waals surface area contributed by atoms with Crippen molar-refractivity contribution in [2.24, 2.45) is 0 Å². The first-order valence-corrected chi connectivity index (χ1v) is 7.85. The van der Waals surface area contributed by atoms with E-state index >= 15 is 0 Å². The Kier molecular flexibility index (Phi) is 4.26. The van der Waals surface area contributed by atoms with Gasteiger partial charge in [-0.15, -0.1) is 0 Å². The molecule has 1 N–H and O–H groups in total. The molecule has 0 spiro atoms. The normalized spacial score (nSPS) is 15.6. The molecule has 0 fully saturated rings. The lowest BCUT2D eigenvalue weighted by Gasteiger charge is -2.28. The Balaban J connectivity index is 1.66. The molecule has 0 radical (unpaired) electrons. The molecule has 0 saturated heterocycles. The van der Waals surface area contributed by atoms with E-state index in [0.717, 1.165) is 6.54 Å². The summed E-state index contributed by atoms with van der Waals surface area (Å²) in [6.07, 6.45) is 2.47. The number of hydrogen-bond acceptors (Lipinski definition) is 2. The average Bonchev–Trinajstić information content (AvgIpc) is 2.53. The van der Waals surface area contributed by atoms with Gasteiger partial charge in [-0.05, 0) is 42.5 Å². The van der Waals surface area contributed by atoms with E-state index in [1.165, 1.54) is 41.8 Å². The molecule has 2 heteroatoms. The minimum absolute atomic E-state index is 0.380.